The fourth-order valence-electron chi connectivity index (χ4n) is 2.41. The third-order valence-corrected chi connectivity index (χ3v) is 3.87. The van der Waals surface area contributed by atoms with E-state index in [0.29, 0.717) is 17.8 Å². The molecular weight excluding hydrogens is 180 g/mol. The van der Waals surface area contributed by atoms with Crippen molar-refractivity contribution in [3.8, 4) is 0 Å². The van der Waals surface area contributed by atoms with Crippen molar-refractivity contribution in [1.82, 2.24) is 5.32 Å². The molecule has 0 bridgehead atoms. The van der Waals surface area contributed by atoms with E-state index in [0.717, 1.165) is 32.6 Å². The highest BCUT2D eigenvalue weighted by Crippen LogP contribution is 2.50. The monoisotopic (exact) mass is 196 g/mol. The van der Waals surface area contributed by atoms with Crippen molar-refractivity contribution in [2.24, 2.45) is 23.5 Å². The van der Waals surface area contributed by atoms with Crippen LogP contribution in [0.1, 0.15) is 12.8 Å². The van der Waals surface area contributed by atoms with Gasteiger partial charge in [-0.15, -0.1) is 0 Å². The predicted molar refractivity (Wildman–Crippen MR) is 50.5 cm³/mol. The van der Waals surface area contributed by atoms with Gasteiger partial charge in [0.15, 0.2) is 0 Å². The lowest BCUT2D eigenvalue weighted by molar-refractivity contribution is -0.123. The van der Waals surface area contributed by atoms with Gasteiger partial charge < -0.3 is 15.8 Å². The maximum atomic E-state index is 11.5. The number of hydrogen-bond donors (Lipinski definition) is 2. The van der Waals surface area contributed by atoms with Gasteiger partial charge in [-0.25, -0.2) is 0 Å². The number of ether oxygens (including phenoxy) is 1. The van der Waals surface area contributed by atoms with E-state index < -0.39 is 5.54 Å². The summed E-state index contributed by atoms with van der Waals surface area (Å²) in [5, 5.41) is 2.96. The first-order chi connectivity index (χ1) is 6.71. The third-order valence-electron chi connectivity index (χ3n) is 3.87. The Kier molecular flexibility index (Phi) is 1.67. The SMILES string of the molecule is NC1(C(=O)NCC2C3COCC23)CC1. The Labute approximate surface area is 83.2 Å². The Morgan fingerprint density at radius 1 is 1.43 bits per heavy atom. The van der Waals surface area contributed by atoms with Crippen LogP contribution in [-0.4, -0.2) is 31.2 Å². The Morgan fingerprint density at radius 2 is 2.07 bits per heavy atom. The number of rotatable bonds is 3. The molecule has 3 rings (SSSR count). The molecule has 0 aromatic rings. The molecule has 2 atom stereocenters. The molecule has 4 nitrogen and oxygen atoms in total. The van der Waals surface area contributed by atoms with E-state index in [4.69, 9.17) is 10.5 Å². The van der Waals surface area contributed by atoms with Crippen molar-refractivity contribution >= 4 is 5.91 Å². The lowest BCUT2D eigenvalue weighted by atomic mass is 10.2. The van der Waals surface area contributed by atoms with Gasteiger partial charge >= 0.3 is 0 Å². The minimum Gasteiger partial charge on any atom is -0.381 e. The maximum Gasteiger partial charge on any atom is 0.240 e. The Hall–Kier alpha value is -0.610. The van der Waals surface area contributed by atoms with Crippen LogP contribution in [0.2, 0.25) is 0 Å². The van der Waals surface area contributed by atoms with Crippen LogP contribution in [0.3, 0.4) is 0 Å². The second-order valence-electron chi connectivity index (χ2n) is 4.90. The molecule has 1 heterocycles. The van der Waals surface area contributed by atoms with Crippen molar-refractivity contribution in [2.75, 3.05) is 19.8 Å². The summed E-state index contributed by atoms with van der Waals surface area (Å²) in [6, 6.07) is 0. The van der Waals surface area contributed by atoms with Crippen LogP contribution < -0.4 is 11.1 Å². The zero-order valence-electron chi connectivity index (χ0n) is 8.16. The van der Waals surface area contributed by atoms with Crippen molar-refractivity contribution < 1.29 is 9.53 Å². The molecule has 1 saturated heterocycles. The third kappa shape index (κ3) is 1.25. The largest absolute Gasteiger partial charge is 0.381 e. The minimum atomic E-state index is -0.513. The van der Waals surface area contributed by atoms with E-state index in [-0.39, 0.29) is 5.91 Å². The average Bonchev–Trinajstić information content (AvgIpc) is 3.02. The molecular formula is C10H16N2O2. The maximum absolute atomic E-state index is 11.5. The zero-order chi connectivity index (χ0) is 9.76. The number of nitrogens with two attached hydrogens (primary N) is 1. The van der Waals surface area contributed by atoms with Gasteiger partial charge in [-0.05, 0) is 30.6 Å². The molecule has 3 fully saturated rings. The summed E-state index contributed by atoms with van der Waals surface area (Å²) < 4.78 is 5.29. The van der Waals surface area contributed by atoms with Crippen LogP contribution in [-0.2, 0) is 9.53 Å². The Bertz CT molecular complexity index is 265. The van der Waals surface area contributed by atoms with Crippen molar-refractivity contribution in [1.29, 1.82) is 0 Å². The van der Waals surface area contributed by atoms with Crippen molar-refractivity contribution in [3.05, 3.63) is 0 Å². The Balaban J connectivity index is 1.45. The number of fused-ring (bicyclic) bond motifs is 1. The molecule has 4 heteroatoms. The normalized spacial score (nSPS) is 41.6. The van der Waals surface area contributed by atoms with Gasteiger partial charge in [0.05, 0.1) is 18.8 Å². The Morgan fingerprint density at radius 3 is 2.64 bits per heavy atom. The summed E-state index contributed by atoms with van der Waals surface area (Å²) in [4.78, 5) is 11.5. The number of carbonyl (C=O) groups is 1. The van der Waals surface area contributed by atoms with Gasteiger partial charge in [-0.1, -0.05) is 0 Å². The van der Waals surface area contributed by atoms with Gasteiger partial charge in [0.2, 0.25) is 5.91 Å². The van der Waals surface area contributed by atoms with Crippen molar-refractivity contribution in [2.45, 2.75) is 18.4 Å². The molecule has 2 unspecified atom stereocenters. The summed E-state index contributed by atoms with van der Waals surface area (Å²) in [6.45, 7) is 2.58. The van der Waals surface area contributed by atoms with E-state index >= 15 is 0 Å². The van der Waals surface area contributed by atoms with Crippen LogP contribution in [0.5, 0.6) is 0 Å². The predicted octanol–water partition coefficient (Wildman–Crippen LogP) is -0.514. The van der Waals surface area contributed by atoms with Crippen LogP contribution in [0.15, 0.2) is 0 Å². The molecule has 2 aliphatic carbocycles. The summed E-state index contributed by atoms with van der Waals surface area (Å²) in [5.74, 6) is 2.13. The fraction of sp³-hybridized carbons (Fsp3) is 0.900. The van der Waals surface area contributed by atoms with Crippen LogP contribution in [0, 0.1) is 17.8 Å². The van der Waals surface area contributed by atoms with Crippen LogP contribution in [0.25, 0.3) is 0 Å². The molecule has 0 aromatic heterocycles. The topological polar surface area (TPSA) is 64.4 Å². The second kappa shape index (κ2) is 2.70. The average molecular weight is 196 g/mol. The van der Waals surface area contributed by atoms with Gasteiger partial charge in [0, 0.05) is 6.54 Å². The number of carbonyl (C=O) groups excluding carboxylic acids is 1. The van der Waals surface area contributed by atoms with E-state index in [2.05, 4.69) is 5.32 Å². The number of nitrogens with one attached hydrogen (secondary N) is 1. The first-order valence-corrected chi connectivity index (χ1v) is 5.36. The number of hydrogen-bond acceptors (Lipinski definition) is 3. The highest BCUT2D eigenvalue weighted by molar-refractivity contribution is 5.88. The van der Waals surface area contributed by atoms with Crippen LogP contribution >= 0.6 is 0 Å². The van der Waals surface area contributed by atoms with Crippen LogP contribution in [0.4, 0.5) is 0 Å². The highest BCUT2D eigenvalue weighted by atomic mass is 16.5. The van der Waals surface area contributed by atoms with E-state index in [9.17, 15) is 4.79 Å². The first-order valence-electron chi connectivity index (χ1n) is 5.36. The first kappa shape index (κ1) is 8.68. The molecule has 3 N–H and O–H groups in total. The highest BCUT2D eigenvalue weighted by Gasteiger charge is 2.54. The molecule has 14 heavy (non-hydrogen) atoms. The van der Waals surface area contributed by atoms with Gasteiger partial charge in [-0.2, -0.15) is 0 Å². The lowest BCUT2D eigenvalue weighted by Gasteiger charge is -2.10. The summed E-state index contributed by atoms with van der Waals surface area (Å²) in [5.41, 5.74) is 5.26. The molecule has 2 saturated carbocycles. The van der Waals surface area contributed by atoms with E-state index in [1.165, 1.54) is 0 Å². The summed E-state index contributed by atoms with van der Waals surface area (Å²) in [7, 11) is 0. The van der Waals surface area contributed by atoms with E-state index in [1.54, 1.807) is 0 Å². The van der Waals surface area contributed by atoms with Crippen molar-refractivity contribution in [3.63, 3.8) is 0 Å². The molecule has 0 aromatic carbocycles. The summed E-state index contributed by atoms with van der Waals surface area (Å²) in [6.07, 6.45) is 1.69. The fourth-order valence-corrected chi connectivity index (χ4v) is 2.41. The molecule has 1 amide bonds. The molecule has 0 spiro atoms. The number of amides is 1. The van der Waals surface area contributed by atoms with Gasteiger partial charge in [-0.3, -0.25) is 4.79 Å². The minimum absolute atomic E-state index is 0.0448. The smallest absolute Gasteiger partial charge is 0.240 e. The van der Waals surface area contributed by atoms with E-state index in [1.807, 2.05) is 0 Å². The molecule has 0 radical (unpaired) electrons. The second-order valence-corrected chi connectivity index (χ2v) is 4.90. The summed E-state index contributed by atoms with van der Waals surface area (Å²) >= 11 is 0. The lowest BCUT2D eigenvalue weighted by Crippen LogP contribution is -2.43. The standard InChI is InChI=1S/C10H16N2O2/c11-10(1-2-10)9(13)12-3-6-7-4-14-5-8(6)7/h6-8H,1-5,11H2,(H,12,13). The molecule has 1 aliphatic heterocycles. The zero-order valence-corrected chi connectivity index (χ0v) is 8.16. The quantitative estimate of drug-likeness (QED) is 0.638. The molecule has 3 aliphatic rings. The van der Waals surface area contributed by atoms with Gasteiger partial charge in [0.25, 0.3) is 0 Å². The van der Waals surface area contributed by atoms with Gasteiger partial charge in [0.1, 0.15) is 0 Å². The molecule has 78 valence electrons.